The molecule has 0 aromatic carbocycles. The first-order chi connectivity index (χ1) is 19.9. The Balaban J connectivity index is 5.21. The molecular formula is C34H62O9. The van der Waals surface area contributed by atoms with E-state index in [1.165, 1.54) is 13.0 Å². The molecule has 0 fully saturated rings. The first kappa shape index (κ1) is 41.4. The summed E-state index contributed by atoms with van der Waals surface area (Å²) in [5.41, 5.74) is 1.56. The Labute approximate surface area is 260 Å². The third-order valence-electron chi connectivity index (χ3n) is 8.57. The third kappa shape index (κ3) is 14.8. The van der Waals surface area contributed by atoms with Crippen LogP contribution in [0.4, 0.5) is 0 Å². The summed E-state index contributed by atoms with van der Waals surface area (Å²) in [7, 11) is 0. The molecule has 0 aliphatic heterocycles. The number of carbonyl (C=O) groups excluding carboxylic acids is 1. The van der Waals surface area contributed by atoms with Crippen molar-refractivity contribution < 1.29 is 45.3 Å². The van der Waals surface area contributed by atoms with Gasteiger partial charge in [-0.2, -0.15) is 0 Å². The SMILES string of the molecule is CCC(C)CC(C)CC(C)C(O)C(C)C=C(C)C(O)C(C)C=C(C)C(O)C(C)C=C(C)C(=O)OC[C@@H](O)[C@H](O)[C@H](O)CO. The van der Waals surface area contributed by atoms with Crippen LogP contribution >= 0.6 is 0 Å². The number of hydrogen-bond acceptors (Lipinski definition) is 9. The van der Waals surface area contributed by atoms with E-state index in [0.29, 0.717) is 17.4 Å². The van der Waals surface area contributed by atoms with Gasteiger partial charge in [-0.3, -0.25) is 0 Å². The van der Waals surface area contributed by atoms with Gasteiger partial charge < -0.3 is 40.5 Å². The Morgan fingerprint density at radius 1 is 0.674 bits per heavy atom. The van der Waals surface area contributed by atoms with E-state index < -0.39 is 61.7 Å². The zero-order valence-corrected chi connectivity index (χ0v) is 28.1. The fourth-order valence-corrected chi connectivity index (χ4v) is 5.58. The molecule has 0 saturated heterocycles. The molecule has 12 atom stereocenters. The van der Waals surface area contributed by atoms with Crippen LogP contribution in [0, 0.1) is 35.5 Å². The molecule has 0 aliphatic carbocycles. The highest BCUT2D eigenvalue weighted by molar-refractivity contribution is 5.87. The lowest BCUT2D eigenvalue weighted by molar-refractivity contribution is -0.148. The van der Waals surface area contributed by atoms with E-state index >= 15 is 0 Å². The summed E-state index contributed by atoms with van der Waals surface area (Å²) in [6.07, 6.45) is 1.47. The molecule has 0 aromatic heterocycles. The minimum absolute atomic E-state index is 0.125. The van der Waals surface area contributed by atoms with Gasteiger partial charge >= 0.3 is 5.97 Å². The summed E-state index contributed by atoms with van der Waals surface area (Å²) in [6.45, 7) is 18.1. The predicted octanol–water partition coefficient (Wildman–Crippen LogP) is 3.53. The van der Waals surface area contributed by atoms with Crippen LogP contribution in [0.3, 0.4) is 0 Å². The minimum Gasteiger partial charge on any atom is -0.459 e. The first-order valence-electron chi connectivity index (χ1n) is 15.8. The van der Waals surface area contributed by atoms with Crippen molar-refractivity contribution in [3.05, 3.63) is 34.9 Å². The molecule has 0 saturated carbocycles. The van der Waals surface area contributed by atoms with Crippen molar-refractivity contribution in [1.29, 1.82) is 0 Å². The van der Waals surface area contributed by atoms with Crippen molar-refractivity contribution in [2.45, 2.75) is 125 Å². The molecule has 0 aliphatic rings. The molecule has 0 spiro atoms. The highest BCUT2D eigenvalue weighted by atomic mass is 16.5. The highest BCUT2D eigenvalue weighted by Crippen LogP contribution is 2.28. The quantitative estimate of drug-likeness (QED) is 0.0616. The summed E-state index contributed by atoms with van der Waals surface area (Å²) in [5.74, 6) is -0.329. The topological polar surface area (TPSA) is 168 Å². The number of hydrogen-bond donors (Lipinski definition) is 7. The Hall–Kier alpha value is -1.59. The van der Waals surface area contributed by atoms with Gasteiger partial charge in [0.25, 0.3) is 0 Å². The van der Waals surface area contributed by atoms with Gasteiger partial charge in [-0.15, -0.1) is 0 Å². The second kappa shape index (κ2) is 20.4. The number of esters is 1. The molecule has 9 heteroatoms. The second-order valence-electron chi connectivity index (χ2n) is 13.1. The van der Waals surface area contributed by atoms with Gasteiger partial charge in [0, 0.05) is 23.3 Å². The van der Waals surface area contributed by atoms with Crippen LogP contribution in [-0.4, -0.2) is 91.6 Å². The van der Waals surface area contributed by atoms with E-state index in [-0.39, 0.29) is 23.3 Å². The van der Waals surface area contributed by atoms with Gasteiger partial charge in [0.05, 0.1) is 24.9 Å². The lowest BCUT2D eigenvalue weighted by atomic mass is 9.82. The average Bonchev–Trinajstić information content (AvgIpc) is 2.96. The van der Waals surface area contributed by atoms with Crippen LogP contribution in [0.15, 0.2) is 34.9 Å². The van der Waals surface area contributed by atoms with Crippen molar-refractivity contribution >= 4 is 5.97 Å². The Morgan fingerprint density at radius 2 is 1.16 bits per heavy atom. The molecule has 7 N–H and O–H groups in total. The number of rotatable bonds is 20. The van der Waals surface area contributed by atoms with Crippen LogP contribution in [-0.2, 0) is 9.53 Å². The van der Waals surface area contributed by atoms with Crippen LogP contribution in [0.2, 0.25) is 0 Å². The molecule has 43 heavy (non-hydrogen) atoms. The monoisotopic (exact) mass is 614 g/mol. The molecule has 9 nitrogen and oxygen atoms in total. The third-order valence-corrected chi connectivity index (χ3v) is 8.57. The lowest BCUT2D eigenvalue weighted by Crippen LogP contribution is -2.42. The van der Waals surface area contributed by atoms with Crippen LogP contribution in [0.25, 0.3) is 0 Å². The van der Waals surface area contributed by atoms with Gasteiger partial charge in [-0.25, -0.2) is 4.79 Å². The maximum Gasteiger partial charge on any atom is 0.333 e. The van der Waals surface area contributed by atoms with E-state index in [2.05, 4.69) is 27.7 Å². The van der Waals surface area contributed by atoms with Crippen LogP contribution in [0.5, 0.6) is 0 Å². The van der Waals surface area contributed by atoms with E-state index in [1.807, 2.05) is 26.8 Å². The highest BCUT2D eigenvalue weighted by Gasteiger charge is 2.27. The second-order valence-corrected chi connectivity index (χ2v) is 13.1. The zero-order chi connectivity index (χ0) is 33.6. The lowest BCUT2D eigenvalue weighted by Gasteiger charge is -2.28. The summed E-state index contributed by atoms with van der Waals surface area (Å²) < 4.78 is 4.98. The molecule has 0 radical (unpaired) electrons. The predicted molar refractivity (Wildman–Crippen MR) is 170 cm³/mol. The van der Waals surface area contributed by atoms with Crippen molar-refractivity contribution in [2.75, 3.05) is 13.2 Å². The molecule has 0 heterocycles. The smallest absolute Gasteiger partial charge is 0.333 e. The molecule has 0 aromatic rings. The molecule has 0 bridgehead atoms. The summed E-state index contributed by atoms with van der Waals surface area (Å²) >= 11 is 0. The molecule has 252 valence electrons. The van der Waals surface area contributed by atoms with Crippen LogP contribution < -0.4 is 0 Å². The Bertz CT molecular complexity index is 898. The number of aliphatic hydroxyl groups excluding tert-OH is 7. The molecule has 0 rings (SSSR count). The minimum atomic E-state index is -1.67. The van der Waals surface area contributed by atoms with E-state index in [4.69, 9.17) is 9.84 Å². The Morgan fingerprint density at radius 3 is 1.65 bits per heavy atom. The largest absolute Gasteiger partial charge is 0.459 e. The number of carbonyl (C=O) groups is 1. The number of aliphatic hydroxyl groups is 7. The fourth-order valence-electron chi connectivity index (χ4n) is 5.58. The first-order valence-corrected chi connectivity index (χ1v) is 15.8. The average molecular weight is 615 g/mol. The fraction of sp³-hybridized carbons (Fsp3) is 0.794. The van der Waals surface area contributed by atoms with E-state index in [1.54, 1.807) is 19.9 Å². The van der Waals surface area contributed by atoms with Crippen LogP contribution in [0.1, 0.15) is 88.5 Å². The van der Waals surface area contributed by atoms with Crippen molar-refractivity contribution in [1.82, 2.24) is 0 Å². The summed E-state index contributed by atoms with van der Waals surface area (Å²) in [5, 5.41) is 70.6. The normalized spacial score (nSPS) is 21.9. The van der Waals surface area contributed by atoms with Gasteiger partial charge in [0.15, 0.2) is 0 Å². The van der Waals surface area contributed by atoms with E-state index in [0.717, 1.165) is 24.8 Å². The molecule has 0 amide bonds. The van der Waals surface area contributed by atoms with Crippen molar-refractivity contribution in [3.63, 3.8) is 0 Å². The summed E-state index contributed by atoms with van der Waals surface area (Å²) in [4.78, 5) is 12.3. The summed E-state index contributed by atoms with van der Waals surface area (Å²) in [6, 6.07) is 0. The molecule has 9 unspecified atom stereocenters. The van der Waals surface area contributed by atoms with Gasteiger partial charge in [0.1, 0.15) is 24.9 Å². The molecular weight excluding hydrogens is 552 g/mol. The van der Waals surface area contributed by atoms with Crippen molar-refractivity contribution in [3.8, 4) is 0 Å². The Kier molecular flexibility index (Phi) is 19.7. The standard InChI is InChI=1S/C34H62O9/c1-11-19(2)12-20(3)13-21(4)30(38)22(5)14-23(6)31(39)24(7)15-25(8)32(40)26(9)16-27(10)34(42)43-18-29(37)33(41)28(36)17-35/h14-16,19-22,24,26,28-33,35-41H,11-13,17-18H2,1-10H3/t19?,20?,21?,22?,24?,26?,28-,29-,30?,31?,32?,33-/m1/s1. The zero-order valence-electron chi connectivity index (χ0n) is 28.1. The maximum atomic E-state index is 12.3. The number of ether oxygens (including phenoxy) is 1. The van der Waals surface area contributed by atoms with E-state index in [9.17, 15) is 35.4 Å². The van der Waals surface area contributed by atoms with Gasteiger partial charge in [-0.05, 0) is 62.5 Å². The van der Waals surface area contributed by atoms with Gasteiger partial charge in [0.2, 0.25) is 0 Å². The maximum absolute atomic E-state index is 12.3. The van der Waals surface area contributed by atoms with Gasteiger partial charge in [-0.1, -0.05) is 73.1 Å². The van der Waals surface area contributed by atoms with Crippen molar-refractivity contribution in [2.24, 2.45) is 35.5 Å².